The summed E-state index contributed by atoms with van der Waals surface area (Å²) in [6.45, 7) is 2.96. The molecule has 0 bridgehead atoms. The summed E-state index contributed by atoms with van der Waals surface area (Å²) in [5.74, 6) is 1.90. The molecular weight excluding hydrogens is 430 g/mol. The van der Waals surface area contributed by atoms with Gasteiger partial charge in [-0.2, -0.15) is 0 Å². The number of benzene rings is 2. The lowest BCUT2D eigenvalue weighted by Crippen LogP contribution is -2.15. The molecule has 2 heterocycles. The number of carbonyl (C=O) groups is 1. The monoisotopic (exact) mass is 455 g/mol. The molecular formula is C28H25NO5. The van der Waals surface area contributed by atoms with Gasteiger partial charge in [0.05, 0.1) is 29.6 Å². The lowest BCUT2D eigenvalue weighted by Gasteiger charge is -2.13. The third-order valence-electron chi connectivity index (χ3n) is 5.73. The molecule has 0 atom stereocenters. The Morgan fingerprint density at radius 3 is 2.53 bits per heavy atom. The highest BCUT2D eigenvalue weighted by Gasteiger charge is 2.27. The summed E-state index contributed by atoms with van der Waals surface area (Å²) in [5, 5.41) is 0.804. The third kappa shape index (κ3) is 4.53. The lowest BCUT2D eigenvalue weighted by atomic mass is 10.0. The van der Waals surface area contributed by atoms with Crippen molar-refractivity contribution in [1.29, 1.82) is 0 Å². The first-order valence-electron chi connectivity index (χ1n) is 11.4. The van der Waals surface area contributed by atoms with Crippen LogP contribution in [-0.4, -0.2) is 30.8 Å². The zero-order valence-electron chi connectivity index (χ0n) is 19.0. The number of para-hydroxylation sites is 1. The van der Waals surface area contributed by atoms with Crippen LogP contribution in [0.15, 0.2) is 71.3 Å². The number of aromatic nitrogens is 1. The van der Waals surface area contributed by atoms with E-state index in [-0.39, 0.29) is 19.2 Å². The number of allylic oxidation sites excluding steroid dienone is 1. The van der Waals surface area contributed by atoms with Gasteiger partial charge < -0.3 is 18.6 Å². The summed E-state index contributed by atoms with van der Waals surface area (Å²) < 4.78 is 22.3. The van der Waals surface area contributed by atoms with Gasteiger partial charge in [0.2, 0.25) is 0 Å². The van der Waals surface area contributed by atoms with Gasteiger partial charge in [-0.05, 0) is 79.4 Å². The first-order chi connectivity index (χ1) is 16.7. The number of fused-ring (bicyclic) bond motifs is 2. The van der Waals surface area contributed by atoms with E-state index in [0.29, 0.717) is 17.9 Å². The van der Waals surface area contributed by atoms with Gasteiger partial charge in [-0.3, -0.25) is 0 Å². The number of hydrogen-bond donors (Lipinski definition) is 0. The van der Waals surface area contributed by atoms with E-state index in [0.717, 1.165) is 52.1 Å². The van der Waals surface area contributed by atoms with Crippen LogP contribution in [0.5, 0.6) is 11.5 Å². The van der Waals surface area contributed by atoms with Crippen molar-refractivity contribution in [1.82, 2.24) is 4.98 Å². The molecule has 0 saturated carbocycles. The molecule has 0 N–H and O–H groups in total. The Hall–Kier alpha value is -4.06. The van der Waals surface area contributed by atoms with Gasteiger partial charge in [-0.15, -0.1) is 0 Å². The van der Waals surface area contributed by atoms with E-state index in [1.807, 2.05) is 73.7 Å². The highest BCUT2D eigenvalue weighted by Crippen LogP contribution is 2.37. The average molecular weight is 456 g/mol. The van der Waals surface area contributed by atoms with Gasteiger partial charge in [-0.1, -0.05) is 18.2 Å². The molecule has 0 radical (unpaired) electrons. The first-order valence-corrected chi connectivity index (χ1v) is 11.4. The lowest BCUT2D eigenvalue weighted by molar-refractivity contribution is 0.0451. The van der Waals surface area contributed by atoms with Crippen molar-refractivity contribution in [2.24, 2.45) is 0 Å². The third-order valence-corrected chi connectivity index (χ3v) is 5.73. The quantitative estimate of drug-likeness (QED) is 0.242. The van der Waals surface area contributed by atoms with Gasteiger partial charge >= 0.3 is 5.97 Å². The Bertz CT molecular complexity index is 1320. The minimum absolute atomic E-state index is 0.145. The van der Waals surface area contributed by atoms with Crippen LogP contribution in [-0.2, 0) is 11.2 Å². The molecule has 2 aromatic heterocycles. The SMILES string of the molecule is CCOc1ccc(OCCOC(=O)c2c3c(nc4ccccc24)C(=Cc2ccco2)CC3)cc1. The van der Waals surface area contributed by atoms with Gasteiger partial charge in [0.15, 0.2) is 0 Å². The Balaban J connectivity index is 1.33. The van der Waals surface area contributed by atoms with Crippen LogP contribution in [0.4, 0.5) is 0 Å². The van der Waals surface area contributed by atoms with Crippen molar-refractivity contribution in [2.75, 3.05) is 19.8 Å². The van der Waals surface area contributed by atoms with E-state index in [1.54, 1.807) is 6.26 Å². The van der Waals surface area contributed by atoms with Crippen molar-refractivity contribution in [3.63, 3.8) is 0 Å². The molecule has 1 aliphatic carbocycles. The maximum absolute atomic E-state index is 13.2. The smallest absolute Gasteiger partial charge is 0.339 e. The van der Waals surface area contributed by atoms with Gasteiger partial charge in [0, 0.05) is 5.39 Å². The van der Waals surface area contributed by atoms with E-state index >= 15 is 0 Å². The molecule has 0 aliphatic heterocycles. The van der Waals surface area contributed by atoms with Gasteiger partial charge in [0.1, 0.15) is 30.5 Å². The standard InChI is InChI=1S/C28H25NO5/c1-2-31-20-10-12-21(13-11-20)33-16-17-34-28(30)26-23-7-3-4-8-25(23)29-27-19(9-14-24(26)27)18-22-6-5-15-32-22/h3-8,10-13,15,18H,2,9,14,16-17H2,1H3. The molecule has 6 heteroatoms. The van der Waals surface area contributed by atoms with Gasteiger partial charge in [0.25, 0.3) is 0 Å². The zero-order valence-corrected chi connectivity index (χ0v) is 19.0. The molecule has 0 amide bonds. The van der Waals surface area contributed by atoms with Gasteiger partial charge in [-0.25, -0.2) is 9.78 Å². The maximum atomic E-state index is 13.2. The van der Waals surface area contributed by atoms with Crippen molar-refractivity contribution >= 4 is 28.5 Å². The number of pyridine rings is 1. The summed E-state index contributed by atoms with van der Waals surface area (Å²) in [6, 6.07) is 18.8. The Morgan fingerprint density at radius 1 is 0.971 bits per heavy atom. The number of esters is 1. The summed E-state index contributed by atoms with van der Waals surface area (Å²) in [7, 11) is 0. The van der Waals surface area contributed by atoms with Crippen LogP contribution in [0.25, 0.3) is 22.6 Å². The van der Waals surface area contributed by atoms with Crippen LogP contribution in [0.2, 0.25) is 0 Å². The first kappa shape index (κ1) is 21.8. The molecule has 6 nitrogen and oxygen atoms in total. The molecule has 5 rings (SSSR count). The second kappa shape index (κ2) is 9.83. The fourth-order valence-electron chi connectivity index (χ4n) is 4.22. The molecule has 0 fully saturated rings. The Kier molecular flexibility index (Phi) is 6.29. The predicted octanol–water partition coefficient (Wildman–Crippen LogP) is 5.95. The van der Waals surface area contributed by atoms with Crippen molar-refractivity contribution < 1.29 is 23.4 Å². The molecule has 2 aromatic carbocycles. The number of hydrogen-bond acceptors (Lipinski definition) is 6. The maximum Gasteiger partial charge on any atom is 0.339 e. The zero-order chi connectivity index (χ0) is 23.3. The Labute approximate surface area is 197 Å². The largest absolute Gasteiger partial charge is 0.494 e. The van der Waals surface area contributed by atoms with Crippen LogP contribution in [0.1, 0.15) is 40.7 Å². The summed E-state index contributed by atoms with van der Waals surface area (Å²) >= 11 is 0. The fourth-order valence-corrected chi connectivity index (χ4v) is 4.22. The molecule has 1 aliphatic rings. The number of furan rings is 1. The van der Waals surface area contributed by atoms with Crippen LogP contribution < -0.4 is 9.47 Å². The number of ether oxygens (including phenoxy) is 3. The minimum atomic E-state index is -0.357. The van der Waals surface area contributed by atoms with Crippen LogP contribution >= 0.6 is 0 Å². The Morgan fingerprint density at radius 2 is 1.76 bits per heavy atom. The molecule has 4 aromatic rings. The second-order valence-electron chi connectivity index (χ2n) is 7.90. The van der Waals surface area contributed by atoms with E-state index in [2.05, 4.69) is 0 Å². The molecule has 0 saturated heterocycles. The van der Waals surface area contributed by atoms with E-state index in [4.69, 9.17) is 23.6 Å². The topological polar surface area (TPSA) is 70.8 Å². The highest BCUT2D eigenvalue weighted by atomic mass is 16.6. The van der Waals surface area contributed by atoms with E-state index in [1.165, 1.54) is 0 Å². The molecule has 0 spiro atoms. The normalized spacial score (nSPS) is 13.7. The molecule has 172 valence electrons. The van der Waals surface area contributed by atoms with E-state index in [9.17, 15) is 4.79 Å². The number of carbonyl (C=O) groups excluding carboxylic acids is 1. The van der Waals surface area contributed by atoms with Crippen LogP contribution in [0.3, 0.4) is 0 Å². The molecule has 34 heavy (non-hydrogen) atoms. The minimum Gasteiger partial charge on any atom is -0.494 e. The fraction of sp³-hybridized carbons (Fsp3) is 0.214. The van der Waals surface area contributed by atoms with Crippen molar-refractivity contribution in [3.05, 3.63) is 89.5 Å². The van der Waals surface area contributed by atoms with Crippen molar-refractivity contribution in [3.8, 4) is 11.5 Å². The summed E-state index contributed by atoms with van der Waals surface area (Å²) in [4.78, 5) is 18.1. The predicted molar refractivity (Wildman–Crippen MR) is 130 cm³/mol. The average Bonchev–Trinajstić information content (AvgIpc) is 3.52. The highest BCUT2D eigenvalue weighted by molar-refractivity contribution is 6.07. The van der Waals surface area contributed by atoms with Crippen molar-refractivity contribution in [2.45, 2.75) is 19.8 Å². The second-order valence-corrected chi connectivity index (χ2v) is 7.90. The van der Waals surface area contributed by atoms with Crippen LogP contribution in [0, 0.1) is 0 Å². The summed E-state index contributed by atoms with van der Waals surface area (Å²) in [5.41, 5.74) is 4.18. The number of nitrogens with zero attached hydrogens (tertiary/aromatic N) is 1. The van der Waals surface area contributed by atoms with E-state index < -0.39 is 0 Å². The summed E-state index contributed by atoms with van der Waals surface area (Å²) in [6.07, 6.45) is 5.16. The number of rotatable bonds is 8. The molecule has 0 unspecified atom stereocenters.